The van der Waals surface area contributed by atoms with Gasteiger partial charge in [-0.25, -0.2) is 4.79 Å². The third kappa shape index (κ3) is 1.96. The highest BCUT2D eigenvalue weighted by molar-refractivity contribution is 5.85. The molecular weight excluding hydrogens is 220 g/mol. The van der Waals surface area contributed by atoms with Gasteiger partial charge in [-0.05, 0) is 24.6 Å². The van der Waals surface area contributed by atoms with E-state index >= 15 is 0 Å². The van der Waals surface area contributed by atoms with Crippen LogP contribution in [-0.2, 0) is 0 Å². The maximum Gasteiger partial charge on any atom is 0.374 e. The molecule has 0 bridgehead atoms. The predicted molar refractivity (Wildman–Crippen MR) is 62.6 cm³/mol. The number of carboxylic acid groups (broad SMARTS) is 1. The van der Waals surface area contributed by atoms with Crippen molar-refractivity contribution in [2.75, 3.05) is 12.4 Å². The number of hydrogen-bond acceptors (Lipinski definition) is 4. The van der Waals surface area contributed by atoms with E-state index in [4.69, 9.17) is 5.11 Å². The van der Waals surface area contributed by atoms with Crippen LogP contribution in [0.4, 0.5) is 5.95 Å². The lowest BCUT2D eigenvalue weighted by molar-refractivity contribution is 0.0681. The Kier molecular flexibility index (Phi) is 2.78. The summed E-state index contributed by atoms with van der Waals surface area (Å²) in [5.74, 6) is -0.826. The number of carboxylic acids is 1. The van der Waals surface area contributed by atoms with Crippen molar-refractivity contribution in [3.8, 4) is 5.69 Å². The molecule has 1 heterocycles. The Morgan fingerprint density at radius 2 is 2.18 bits per heavy atom. The molecule has 0 spiro atoms. The molecule has 1 aromatic carbocycles. The number of nitrogens with zero attached hydrogens (tertiary/aromatic N) is 3. The van der Waals surface area contributed by atoms with Gasteiger partial charge in [0.25, 0.3) is 0 Å². The first-order valence-corrected chi connectivity index (χ1v) is 5.07. The third-order valence-electron chi connectivity index (χ3n) is 2.34. The van der Waals surface area contributed by atoms with Crippen LogP contribution in [0.25, 0.3) is 5.69 Å². The number of carbonyl (C=O) groups is 1. The summed E-state index contributed by atoms with van der Waals surface area (Å²) in [5.41, 5.74) is 1.76. The molecular formula is C11H12N4O2. The minimum atomic E-state index is -1.11. The SMILES string of the molecule is CNc1nnc(C(=O)O)n1-c1cccc(C)c1. The fourth-order valence-corrected chi connectivity index (χ4v) is 1.60. The van der Waals surface area contributed by atoms with Crippen LogP contribution in [0.5, 0.6) is 0 Å². The van der Waals surface area contributed by atoms with Gasteiger partial charge in [0.15, 0.2) is 0 Å². The Hall–Kier alpha value is -2.37. The van der Waals surface area contributed by atoms with E-state index in [0.29, 0.717) is 5.95 Å². The lowest BCUT2D eigenvalue weighted by atomic mass is 10.2. The zero-order valence-electron chi connectivity index (χ0n) is 9.51. The van der Waals surface area contributed by atoms with Gasteiger partial charge in [0.2, 0.25) is 11.8 Å². The number of rotatable bonds is 3. The fourth-order valence-electron chi connectivity index (χ4n) is 1.60. The van der Waals surface area contributed by atoms with E-state index in [0.717, 1.165) is 11.3 Å². The number of benzene rings is 1. The predicted octanol–water partition coefficient (Wildman–Crippen LogP) is 1.32. The second-order valence-electron chi connectivity index (χ2n) is 3.58. The molecule has 0 atom stereocenters. The zero-order valence-corrected chi connectivity index (χ0v) is 9.51. The van der Waals surface area contributed by atoms with Crippen molar-refractivity contribution in [1.82, 2.24) is 14.8 Å². The second kappa shape index (κ2) is 4.25. The first-order valence-electron chi connectivity index (χ1n) is 5.07. The molecule has 0 amide bonds. The molecule has 2 rings (SSSR count). The van der Waals surface area contributed by atoms with E-state index < -0.39 is 5.97 Å². The molecule has 2 N–H and O–H groups in total. The number of aromatic carboxylic acids is 1. The van der Waals surface area contributed by atoms with E-state index in [1.165, 1.54) is 4.57 Å². The Labute approximate surface area is 97.9 Å². The van der Waals surface area contributed by atoms with E-state index in [-0.39, 0.29) is 5.82 Å². The smallest absolute Gasteiger partial charge is 0.374 e. The molecule has 0 aliphatic heterocycles. The van der Waals surface area contributed by atoms with Crippen molar-refractivity contribution in [2.45, 2.75) is 6.92 Å². The van der Waals surface area contributed by atoms with Crippen molar-refractivity contribution in [3.63, 3.8) is 0 Å². The summed E-state index contributed by atoms with van der Waals surface area (Å²) in [4.78, 5) is 11.1. The second-order valence-corrected chi connectivity index (χ2v) is 3.58. The van der Waals surface area contributed by atoms with Crippen LogP contribution in [0.2, 0.25) is 0 Å². The largest absolute Gasteiger partial charge is 0.475 e. The summed E-state index contributed by atoms with van der Waals surface area (Å²) in [5, 5.41) is 19.3. The average Bonchev–Trinajstić information content (AvgIpc) is 2.72. The van der Waals surface area contributed by atoms with Crippen molar-refractivity contribution < 1.29 is 9.90 Å². The van der Waals surface area contributed by atoms with E-state index in [1.807, 2.05) is 31.2 Å². The van der Waals surface area contributed by atoms with Crippen LogP contribution in [0, 0.1) is 6.92 Å². The maximum absolute atomic E-state index is 11.1. The number of anilines is 1. The normalized spacial score (nSPS) is 10.2. The summed E-state index contributed by atoms with van der Waals surface area (Å²) in [7, 11) is 1.67. The topological polar surface area (TPSA) is 80.0 Å². The average molecular weight is 232 g/mol. The first kappa shape index (κ1) is 11.1. The minimum Gasteiger partial charge on any atom is -0.475 e. The quantitative estimate of drug-likeness (QED) is 0.834. The van der Waals surface area contributed by atoms with Crippen molar-refractivity contribution in [3.05, 3.63) is 35.7 Å². The summed E-state index contributed by atoms with van der Waals surface area (Å²) < 4.78 is 1.47. The summed E-state index contributed by atoms with van der Waals surface area (Å²) in [6.45, 7) is 1.94. The van der Waals surface area contributed by atoms with Gasteiger partial charge in [-0.2, -0.15) is 0 Å². The van der Waals surface area contributed by atoms with Crippen molar-refractivity contribution in [2.24, 2.45) is 0 Å². The molecule has 0 aliphatic rings. The van der Waals surface area contributed by atoms with E-state index in [2.05, 4.69) is 15.5 Å². The molecule has 0 aliphatic carbocycles. The van der Waals surface area contributed by atoms with E-state index in [1.54, 1.807) is 7.05 Å². The zero-order chi connectivity index (χ0) is 12.4. The molecule has 17 heavy (non-hydrogen) atoms. The van der Waals surface area contributed by atoms with Gasteiger partial charge in [-0.3, -0.25) is 4.57 Å². The molecule has 2 aromatic rings. The van der Waals surface area contributed by atoms with Gasteiger partial charge in [-0.1, -0.05) is 12.1 Å². The Morgan fingerprint density at radius 1 is 1.41 bits per heavy atom. The summed E-state index contributed by atoms with van der Waals surface area (Å²) >= 11 is 0. The Morgan fingerprint density at radius 3 is 2.76 bits per heavy atom. The Balaban J connectivity index is 2.64. The van der Waals surface area contributed by atoms with Crippen LogP contribution < -0.4 is 5.32 Å². The van der Waals surface area contributed by atoms with Gasteiger partial charge < -0.3 is 10.4 Å². The molecule has 0 saturated carbocycles. The highest BCUT2D eigenvalue weighted by Gasteiger charge is 2.18. The number of aryl methyl sites for hydroxylation is 1. The number of aromatic nitrogens is 3. The van der Waals surface area contributed by atoms with Crippen LogP contribution in [-0.4, -0.2) is 32.9 Å². The first-order chi connectivity index (χ1) is 8.13. The van der Waals surface area contributed by atoms with Gasteiger partial charge in [0.1, 0.15) is 0 Å². The molecule has 6 nitrogen and oxygen atoms in total. The van der Waals surface area contributed by atoms with Crippen molar-refractivity contribution >= 4 is 11.9 Å². The van der Waals surface area contributed by atoms with Crippen LogP contribution in [0.1, 0.15) is 16.2 Å². The highest BCUT2D eigenvalue weighted by Crippen LogP contribution is 2.17. The fraction of sp³-hybridized carbons (Fsp3) is 0.182. The molecule has 1 aromatic heterocycles. The molecule has 6 heteroatoms. The molecule has 88 valence electrons. The van der Waals surface area contributed by atoms with E-state index in [9.17, 15) is 4.79 Å². The maximum atomic E-state index is 11.1. The molecule has 0 saturated heterocycles. The van der Waals surface area contributed by atoms with Gasteiger partial charge in [0.05, 0.1) is 5.69 Å². The molecule has 0 unspecified atom stereocenters. The standard InChI is InChI=1S/C11H12N4O2/c1-7-4-3-5-8(6-7)15-9(10(16)17)13-14-11(15)12-2/h3-6H,1-2H3,(H,12,14)(H,16,17). The number of hydrogen-bond donors (Lipinski definition) is 2. The van der Waals surface area contributed by atoms with Crippen LogP contribution in [0.3, 0.4) is 0 Å². The molecule has 0 radical (unpaired) electrons. The van der Waals surface area contributed by atoms with Gasteiger partial charge in [0, 0.05) is 7.05 Å². The lowest BCUT2D eigenvalue weighted by Gasteiger charge is -2.08. The summed E-state index contributed by atoms with van der Waals surface area (Å²) in [6.07, 6.45) is 0. The lowest BCUT2D eigenvalue weighted by Crippen LogP contribution is -2.10. The third-order valence-corrected chi connectivity index (χ3v) is 2.34. The van der Waals surface area contributed by atoms with Gasteiger partial charge in [-0.15, -0.1) is 10.2 Å². The number of nitrogens with one attached hydrogen (secondary N) is 1. The molecule has 0 fully saturated rings. The monoisotopic (exact) mass is 232 g/mol. The van der Waals surface area contributed by atoms with Crippen LogP contribution in [0.15, 0.2) is 24.3 Å². The highest BCUT2D eigenvalue weighted by atomic mass is 16.4. The summed E-state index contributed by atoms with van der Waals surface area (Å²) in [6, 6.07) is 7.48. The Bertz CT molecular complexity index is 562. The van der Waals surface area contributed by atoms with Crippen molar-refractivity contribution in [1.29, 1.82) is 0 Å². The minimum absolute atomic E-state index is 0.111. The van der Waals surface area contributed by atoms with Gasteiger partial charge >= 0.3 is 5.97 Å². The van der Waals surface area contributed by atoms with Crippen LogP contribution >= 0.6 is 0 Å².